The quantitative estimate of drug-likeness (QED) is 0.317. The summed E-state index contributed by atoms with van der Waals surface area (Å²) in [5, 5.41) is 1.82. The summed E-state index contributed by atoms with van der Waals surface area (Å²) in [6.07, 6.45) is -4.51. The van der Waals surface area contributed by atoms with Crippen LogP contribution in [0.15, 0.2) is 65.6 Å². The Kier molecular flexibility index (Phi) is 7.87. The number of aryl methyl sites for hydroxylation is 1. The Morgan fingerprint density at radius 1 is 0.878 bits per heavy atom. The maximum atomic E-state index is 14.2. The third-order valence-electron chi connectivity index (χ3n) is 7.31. The number of hydrogen-bond acceptors (Lipinski definition) is 9. The van der Waals surface area contributed by atoms with E-state index in [2.05, 4.69) is 0 Å². The molecule has 0 radical (unpaired) electrons. The van der Waals surface area contributed by atoms with Gasteiger partial charge in [-0.15, -0.1) is 0 Å². The van der Waals surface area contributed by atoms with E-state index in [0.717, 1.165) is 16.3 Å². The van der Waals surface area contributed by atoms with Gasteiger partial charge in [0.05, 0.1) is 10.9 Å². The molecule has 1 fully saturated rings. The van der Waals surface area contributed by atoms with E-state index >= 15 is 0 Å². The van der Waals surface area contributed by atoms with Crippen molar-refractivity contribution in [1.82, 2.24) is 4.31 Å². The number of benzene rings is 3. The lowest BCUT2D eigenvalue weighted by Gasteiger charge is -2.51. The van der Waals surface area contributed by atoms with Gasteiger partial charge in [-0.05, 0) is 53.1 Å². The fourth-order valence-corrected chi connectivity index (χ4v) is 7.18. The van der Waals surface area contributed by atoms with Gasteiger partial charge in [0.15, 0.2) is 12.2 Å². The first-order valence-electron chi connectivity index (χ1n) is 13.2. The number of fused-ring (bicyclic) bond motifs is 4. The minimum atomic E-state index is -4.17. The molecule has 0 amide bonds. The Labute approximate surface area is 238 Å². The van der Waals surface area contributed by atoms with Crippen LogP contribution in [0.2, 0.25) is 0 Å². The lowest BCUT2D eigenvalue weighted by molar-refractivity contribution is -0.235. The second kappa shape index (κ2) is 11.2. The van der Waals surface area contributed by atoms with Crippen molar-refractivity contribution in [3.63, 3.8) is 0 Å². The molecular weight excluding hydrogens is 550 g/mol. The highest BCUT2D eigenvalue weighted by Gasteiger charge is 2.57. The van der Waals surface area contributed by atoms with Gasteiger partial charge < -0.3 is 18.9 Å². The van der Waals surface area contributed by atoms with E-state index in [-0.39, 0.29) is 18.0 Å². The second-order valence-electron chi connectivity index (χ2n) is 10.3. The number of hydrogen-bond donors (Lipinski definition) is 0. The van der Waals surface area contributed by atoms with Gasteiger partial charge in [-0.1, -0.05) is 42.0 Å². The van der Waals surface area contributed by atoms with Crippen molar-refractivity contribution in [2.75, 3.05) is 6.61 Å². The predicted octanol–water partition coefficient (Wildman–Crippen LogP) is 3.59. The van der Waals surface area contributed by atoms with Gasteiger partial charge in [0.25, 0.3) is 0 Å². The Morgan fingerprint density at radius 2 is 1.49 bits per heavy atom. The summed E-state index contributed by atoms with van der Waals surface area (Å²) in [4.78, 5) is 36.4. The third-order valence-corrected chi connectivity index (χ3v) is 9.17. The van der Waals surface area contributed by atoms with Crippen molar-refractivity contribution in [3.8, 4) is 0 Å². The Hall–Kier alpha value is -3.80. The van der Waals surface area contributed by atoms with Crippen molar-refractivity contribution in [3.05, 3.63) is 77.4 Å². The molecule has 10 nitrogen and oxygen atoms in total. The molecule has 41 heavy (non-hydrogen) atoms. The summed E-state index contributed by atoms with van der Waals surface area (Å²) in [6.45, 7) is 5.12. The highest BCUT2D eigenvalue weighted by atomic mass is 32.2. The molecule has 0 spiro atoms. The average molecular weight is 582 g/mol. The molecule has 0 N–H and O–H groups in total. The van der Waals surface area contributed by atoms with Crippen molar-refractivity contribution in [2.45, 2.75) is 69.6 Å². The molecule has 1 saturated heterocycles. The number of nitrogens with zero attached hydrogens (tertiary/aromatic N) is 1. The van der Waals surface area contributed by atoms with Crippen molar-refractivity contribution in [2.24, 2.45) is 0 Å². The number of carbonyl (C=O) groups excluding carboxylic acids is 3. The zero-order valence-electron chi connectivity index (χ0n) is 23.1. The van der Waals surface area contributed by atoms with Crippen LogP contribution in [0, 0.1) is 6.92 Å². The number of rotatable bonds is 6. The zero-order chi connectivity index (χ0) is 29.5. The fraction of sp³-hybridized carbons (Fsp3) is 0.367. The maximum absolute atomic E-state index is 14.2. The highest BCUT2D eigenvalue weighted by molar-refractivity contribution is 7.89. The van der Waals surface area contributed by atoms with Gasteiger partial charge in [-0.3, -0.25) is 14.4 Å². The molecule has 2 aliphatic rings. The molecule has 2 heterocycles. The summed E-state index contributed by atoms with van der Waals surface area (Å²) in [5.41, 5.74) is 2.30. The summed E-state index contributed by atoms with van der Waals surface area (Å²) >= 11 is 0. The van der Waals surface area contributed by atoms with E-state index in [1.807, 2.05) is 43.3 Å². The predicted molar refractivity (Wildman–Crippen MR) is 147 cm³/mol. The summed E-state index contributed by atoms with van der Waals surface area (Å²) < 4.78 is 52.8. The lowest BCUT2D eigenvalue weighted by Crippen LogP contribution is -2.65. The van der Waals surface area contributed by atoms with Gasteiger partial charge in [-0.2, -0.15) is 4.31 Å². The second-order valence-corrected chi connectivity index (χ2v) is 12.2. The van der Waals surface area contributed by atoms with Gasteiger partial charge in [0.2, 0.25) is 10.0 Å². The standard InChI is InChI=1S/C30H31NO9S/c1-17-9-11-24(12-10-17)41(35,36)31-15-23-13-21-7-5-6-8-22(21)14-25(23)28-27(31)30(39-20(4)34)29(38-19(3)33)26(40-28)16-37-18(2)32/h5-14,26-30H,15-16H2,1-4H3/t26-,27+,28-,29-,30-/m1/s1. The van der Waals surface area contributed by atoms with Gasteiger partial charge in [0.1, 0.15) is 18.8 Å². The van der Waals surface area contributed by atoms with Crippen LogP contribution in [0.25, 0.3) is 10.8 Å². The molecule has 5 atom stereocenters. The summed E-state index contributed by atoms with van der Waals surface area (Å²) in [6, 6.07) is 16.9. The van der Waals surface area contributed by atoms with E-state index in [9.17, 15) is 22.8 Å². The van der Waals surface area contributed by atoms with Gasteiger partial charge in [0, 0.05) is 27.3 Å². The van der Waals surface area contributed by atoms with Crippen molar-refractivity contribution < 1.29 is 41.7 Å². The van der Waals surface area contributed by atoms with Crippen LogP contribution in [-0.2, 0) is 49.9 Å². The average Bonchev–Trinajstić information content (AvgIpc) is 2.91. The van der Waals surface area contributed by atoms with E-state index in [1.54, 1.807) is 12.1 Å². The first kappa shape index (κ1) is 28.7. The van der Waals surface area contributed by atoms with E-state index in [0.29, 0.717) is 11.1 Å². The van der Waals surface area contributed by atoms with E-state index < -0.39 is 58.4 Å². The normalized spacial score (nSPS) is 24.1. The van der Waals surface area contributed by atoms with E-state index in [4.69, 9.17) is 18.9 Å². The number of esters is 3. The Morgan fingerprint density at radius 3 is 2.10 bits per heavy atom. The monoisotopic (exact) mass is 581 g/mol. The lowest BCUT2D eigenvalue weighted by atomic mass is 9.83. The molecule has 5 rings (SSSR count). The number of sulfonamides is 1. The van der Waals surface area contributed by atoms with Crippen LogP contribution in [0.1, 0.15) is 43.6 Å². The zero-order valence-corrected chi connectivity index (χ0v) is 23.9. The number of carbonyl (C=O) groups is 3. The van der Waals surface area contributed by atoms with Crippen molar-refractivity contribution >= 4 is 38.7 Å². The first-order valence-corrected chi connectivity index (χ1v) is 14.6. The van der Waals surface area contributed by atoms with Crippen LogP contribution in [0.4, 0.5) is 0 Å². The Balaban J connectivity index is 1.72. The molecule has 11 heteroatoms. The Bertz CT molecular complexity index is 1600. The smallest absolute Gasteiger partial charge is 0.303 e. The number of ether oxygens (including phenoxy) is 4. The molecule has 3 aromatic carbocycles. The van der Waals surface area contributed by atoms with E-state index in [1.165, 1.54) is 37.2 Å². The molecule has 0 aliphatic carbocycles. The van der Waals surface area contributed by atoms with Gasteiger partial charge >= 0.3 is 17.9 Å². The molecule has 0 aromatic heterocycles. The minimum Gasteiger partial charge on any atom is -0.463 e. The molecule has 0 saturated carbocycles. The van der Waals surface area contributed by atoms with Crippen LogP contribution in [0.5, 0.6) is 0 Å². The summed E-state index contributed by atoms with van der Waals surface area (Å²) in [7, 11) is -4.17. The molecule has 0 unspecified atom stereocenters. The SMILES string of the molecule is CC(=O)OC[C@H]1O[C@@H]2c3cc4ccccc4cc3CN(S(=O)(=O)c3ccc(C)cc3)[C@@H]2[C@@H](OC(C)=O)[C@@H]1OC(C)=O. The van der Waals surface area contributed by atoms with Crippen molar-refractivity contribution in [1.29, 1.82) is 0 Å². The minimum absolute atomic E-state index is 0.0416. The van der Waals surface area contributed by atoms with Crippen LogP contribution < -0.4 is 0 Å². The fourth-order valence-electron chi connectivity index (χ4n) is 5.56. The molecule has 216 valence electrons. The van der Waals surface area contributed by atoms with Crippen LogP contribution >= 0.6 is 0 Å². The van der Waals surface area contributed by atoms with Crippen LogP contribution in [0.3, 0.4) is 0 Å². The molecular formula is C30H31NO9S. The maximum Gasteiger partial charge on any atom is 0.303 e. The highest BCUT2D eigenvalue weighted by Crippen LogP contribution is 2.46. The third kappa shape index (κ3) is 5.70. The largest absolute Gasteiger partial charge is 0.463 e. The first-order chi connectivity index (χ1) is 19.5. The summed E-state index contributed by atoms with van der Waals surface area (Å²) in [5.74, 6) is -1.98. The van der Waals surface area contributed by atoms with Crippen LogP contribution in [-0.4, -0.2) is 61.6 Å². The van der Waals surface area contributed by atoms with Gasteiger partial charge in [-0.25, -0.2) is 8.42 Å². The topological polar surface area (TPSA) is 126 Å². The molecule has 0 bridgehead atoms. The molecule has 3 aromatic rings. The molecule has 2 aliphatic heterocycles.